The number of carboxylic acids is 1. The standard InChI is InChI=1S/C12H24N2O3/c1-14-7-4-10(5-8-14)3-6-13-11(9-17-2)12(15)16/h10-11,13H,3-9H2,1-2H3,(H,15,16). The van der Waals surface area contributed by atoms with Crippen molar-refractivity contribution >= 4 is 5.97 Å². The third-order valence-corrected chi connectivity index (χ3v) is 3.41. The first-order valence-electron chi connectivity index (χ1n) is 6.27. The Balaban J connectivity index is 2.15. The summed E-state index contributed by atoms with van der Waals surface area (Å²) in [5.74, 6) is -0.106. The first kappa shape index (κ1) is 14.4. The molecule has 1 unspecified atom stereocenters. The second kappa shape index (κ2) is 7.63. The Bertz CT molecular complexity index is 228. The topological polar surface area (TPSA) is 61.8 Å². The highest BCUT2D eigenvalue weighted by atomic mass is 16.5. The van der Waals surface area contributed by atoms with Crippen LogP contribution in [0, 0.1) is 5.92 Å². The lowest BCUT2D eigenvalue weighted by Crippen LogP contribution is -2.41. The molecule has 0 aromatic heterocycles. The average molecular weight is 244 g/mol. The minimum Gasteiger partial charge on any atom is -0.480 e. The predicted molar refractivity (Wildman–Crippen MR) is 66.1 cm³/mol. The van der Waals surface area contributed by atoms with Crippen molar-refractivity contribution < 1.29 is 14.6 Å². The number of aliphatic carboxylic acids is 1. The maximum absolute atomic E-state index is 10.9. The van der Waals surface area contributed by atoms with Gasteiger partial charge in [-0.25, -0.2) is 0 Å². The maximum Gasteiger partial charge on any atom is 0.323 e. The molecule has 1 rings (SSSR count). The predicted octanol–water partition coefficient (Wildman–Crippen LogP) is 0.408. The van der Waals surface area contributed by atoms with Crippen molar-refractivity contribution in [2.45, 2.75) is 25.3 Å². The summed E-state index contributed by atoms with van der Waals surface area (Å²) in [5.41, 5.74) is 0. The third kappa shape index (κ3) is 5.48. The summed E-state index contributed by atoms with van der Waals surface area (Å²) >= 11 is 0. The summed E-state index contributed by atoms with van der Waals surface area (Å²) in [6, 6.07) is -0.578. The molecule has 0 saturated carbocycles. The van der Waals surface area contributed by atoms with Crippen molar-refractivity contribution in [3.05, 3.63) is 0 Å². The van der Waals surface area contributed by atoms with E-state index in [1.54, 1.807) is 0 Å². The lowest BCUT2D eigenvalue weighted by atomic mass is 9.94. The fourth-order valence-electron chi connectivity index (χ4n) is 2.20. The molecule has 17 heavy (non-hydrogen) atoms. The fraction of sp³-hybridized carbons (Fsp3) is 0.917. The van der Waals surface area contributed by atoms with E-state index in [2.05, 4.69) is 17.3 Å². The van der Waals surface area contributed by atoms with Crippen LogP contribution in [-0.2, 0) is 9.53 Å². The summed E-state index contributed by atoms with van der Waals surface area (Å²) in [7, 11) is 3.67. The van der Waals surface area contributed by atoms with Gasteiger partial charge in [-0.05, 0) is 51.9 Å². The highest BCUT2D eigenvalue weighted by Crippen LogP contribution is 2.18. The monoisotopic (exact) mass is 244 g/mol. The first-order valence-corrected chi connectivity index (χ1v) is 6.27. The number of nitrogens with one attached hydrogen (secondary N) is 1. The summed E-state index contributed by atoms with van der Waals surface area (Å²) in [4.78, 5) is 13.2. The minimum absolute atomic E-state index is 0.225. The Labute approximate surface area is 103 Å². The molecule has 1 aliphatic rings. The Morgan fingerprint density at radius 1 is 1.53 bits per heavy atom. The summed E-state index contributed by atoms with van der Waals surface area (Å²) in [6.07, 6.45) is 3.50. The lowest BCUT2D eigenvalue weighted by molar-refractivity contribution is -0.140. The van der Waals surface area contributed by atoms with E-state index in [1.807, 2.05) is 0 Å². The van der Waals surface area contributed by atoms with Gasteiger partial charge in [-0.3, -0.25) is 4.79 Å². The summed E-state index contributed by atoms with van der Waals surface area (Å²) < 4.78 is 4.87. The number of ether oxygens (including phenoxy) is 1. The van der Waals surface area contributed by atoms with Crippen molar-refractivity contribution in [1.29, 1.82) is 0 Å². The van der Waals surface area contributed by atoms with Gasteiger partial charge in [0.25, 0.3) is 0 Å². The molecule has 1 heterocycles. The largest absolute Gasteiger partial charge is 0.480 e. The molecule has 100 valence electrons. The molecule has 0 bridgehead atoms. The number of carboxylic acid groups (broad SMARTS) is 1. The zero-order valence-corrected chi connectivity index (χ0v) is 10.8. The molecular weight excluding hydrogens is 220 g/mol. The second-order valence-corrected chi connectivity index (χ2v) is 4.84. The summed E-state index contributed by atoms with van der Waals surface area (Å²) in [6.45, 7) is 3.30. The van der Waals surface area contributed by atoms with Gasteiger partial charge in [0.05, 0.1) is 6.61 Å². The summed E-state index contributed by atoms with van der Waals surface area (Å²) in [5, 5.41) is 12.0. The maximum atomic E-state index is 10.9. The molecule has 0 aromatic carbocycles. The molecule has 0 aliphatic carbocycles. The number of methoxy groups -OCH3 is 1. The van der Waals surface area contributed by atoms with E-state index in [1.165, 1.54) is 20.0 Å². The van der Waals surface area contributed by atoms with Crippen LogP contribution in [0.2, 0.25) is 0 Å². The lowest BCUT2D eigenvalue weighted by Gasteiger charge is -2.29. The number of rotatable bonds is 7. The van der Waals surface area contributed by atoms with Crippen molar-refractivity contribution in [2.75, 3.05) is 40.4 Å². The van der Waals surface area contributed by atoms with Gasteiger partial charge in [-0.15, -0.1) is 0 Å². The molecule has 1 atom stereocenters. The van der Waals surface area contributed by atoms with Crippen LogP contribution in [0.15, 0.2) is 0 Å². The molecule has 0 amide bonds. The van der Waals surface area contributed by atoms with E-state index >= 15 is 0 Å². The number of piperidine rings is 1. The van der Waals surface area contributed by atoms with Crippen molar-refractivity contribution in [2.24, 2.45) is 5.92 Å². The van der Waals surface area contributed by atoms with Crippen LogP contribution >= 0.6 is 0 Å². The quantitative estimate of drug-likeness (QED) is 0.679. The molecule has 5 nitrogen and oxygen atoms in total. The van der Waals surface area contributed by atoms with Crippen LogP contribution in [0.4, 0.5) is 0 Å². The molecule has 2 N–H and O–H groups in total. The van der Waals surface area contributed by atoms with Crippen LogP contribution < -0.4 is 5.32 Å². The van der Waals surface area contributed by atoms with Gasteiger partial charge in [-0.1, -0.05) is 0 Å². The van der Waals surface area contributed by atoms with Crippen molar-refractivity contribution in [3.63, 3.8) is 0 Å². The van der Waals surface area contributed by atoms with Gasteiger partial charge in [0.1, 0.15) is 6.04 Å². The number of nitrogens with zero attached hydrogens (tertiary/aromatic N) is 1. The van der Waals surface area contributed by atoms with E-state index in [0.717, 1.165) is 32.0 Å². The van der Waals surface area contributed by atoms with Gasteiger partial charge in [-0.2, -0.15) is 0 Å². The molecule has 1 saturated heterocycles. The number of carbonyl (C=O) groups is 1. The highest BCUT2D eigenvalue weighted by molar-refractivity contribution is 5.73. The van der Waals surface area contributed by atoms with Gasteiger partial charge in [0.2, 0.25) is 0 Å². The molecule has 5 heteroatoms. The molecule has 1 aliphatic heterocycles. The Morgan fingerprint density at radius 3 is 2.71 bits per heavy atom. The molecule has 0 spiro atoms. The van der Waals surface area contributed by atoms with Gasteiger partial charge < -0.3 is 20.1 Å². The van der Waals surface area contributed by atoms with E-state index in [4.69, 9.17) is 9.84 Å². The van der Waals surface area contributed by atoms with Crippen LogP contribution in [-0.4, -0.2) is 62.4 Å². The fourth-order valence-corrected chi connectivity index (χ4v) is 2.20. The van der Waals surface area contributed by atoms with E-state index in [0.29, 0.717) is 0 Å². The molecule has 0 radical (unpaired) electrons. The Morgan fingerprint density at radius 2 is 2.18 bits per heavy atom. The molecule has 1 fully saturated rings. The van der Waals surface area contributed by atoms with Gasteiger partial charge in [0, 0.05) is 7.11 Å². The highest BCUT2D eigenvalue weighted by Gasteiger charge is 2.19. The van der Waals surface area contributed by atoms with Crippen LogP contribution in [0.3, 0.4) is 0 Å². The Kier molecular flexibility index (Phi) is 6.47. The molecule has 0 aromatic rings. The Hall–Kier alpha value is -0.650. The number of likely N-dealkylation sites (tertiary alicyclic amines) is 1. The normalized spacial score (nSPS) is 20.4. The van der Waals surface area contributed by atoms with E-state index in [9.17, 15) is 4.79 Å². The third-order valence-electron chi connectivity index (χ3n) is 3.41. The van der Waals surface area contributed by atoms with Crippen LogP contribution in [0.25, 0.3) is 0 Å². The smallest absolute Gasteiger partial charge is 0.323 e. The van der Waals surface area contributed by atoms with Crippen LogP contribution in [0.1, 0.15) is 19.3 Å². The minimum atomic E-state index is -0.838. The first-order chi connectivity index (χ1) is 8.13. The zero-order valence-electron chi connectivity index (χ0n) is 10.8. The van der Waals surface area contributed by atoms with Gasteiger partial charge in [0.15, 0.2) is 0 Å². The number of hydrogen-bond acceptors (Lipinski definition) is 4. The molecular formula is C12H24N2O3. The van der Waals surface area contributed by atoms with Crippen LogP contribution in [0.5, 0.6) is 0 Å². The SMILES string of the molecule is COCC(NCCC1CCN(C)CC1)C(=O)O. The van der Waals surface area contributed by atoms with E-state index in [-0.39, 0.29) is 6.61 Å². The number of hydrogen-bond donors (Lipinski definition) is 2. The van der Waals surface area contributed by atoms with Crippen molar-refractivity contribution in [1.82, 2.24) is 10.2 Å². The average Bonchev–Trinajstić information content (AvgIpc) is 2.30. The van der Waals surface area contributed by atoms with Crippen molar-refractivity contribution in [3.8, 4) is 0 Å². The zero-order chi connectivity index (χ0) is 12.7. The second-order valence-electron chi connectivity index (χ2n) is 4.84. The van der Waals surface area contributed by atoms with Gasteiger partial charge >= 0.3 is 5.97 Å². The van der Waals surface area contributed by atoms with E-state index < -0.39 is 12.0 Å².